The van der Waals surface area contributed by atoms with Crippen molar-refractivity contribution < 1.29 is 13.2 Å². The third-order valence-electron chi connectivity index (χ3n) is 6.26. The summed E-state index contributed by atoms with van der Waals surface area (Å²) < 4.78 is 40.6. The number of hydrogen-bond donors (Lipinski definition) is 2. The number of aromatic nitrogens is 1. The number of piperidine rings is 1. The lowest BCUT2D eigenvalue weighted by Gasteiger charge is -2.42. The summed E-state index contributed by atoms with van der Waals surface area (Å²) in [7, 11) is 0. The second kappa shape index (κ2) is 9.39. The van der Waals surface area contributed by atoms with Crippen LogP contribution in [0.2, 0.25) is 5.02 Å². The fourth-order valence-electron chi connectivity index (χ4n) is 4.39. The molecular weight excluding hydrogens is 465 g/mol. The minimum absolute atomic E-state index is 0.175. The van der Waals surface area contributed by atoms with Gasteiger partial charge in [0.15, 0.2) is 0 Å². The number of rotatable bonds is 4. The lowest BCUT2D eigenvalue weighted by atomic mass is 9.72. The van der Waals surface area contributed by atoms with E-state index in [9.17, 15) is 13.2 Å². The topological polar surface area (TPSA) is 70.9 Å². The third kappa shape index (κ3) is 4.87. The first-order valence-electron chi connectivity index (χ1n) is 10.6. The molecule has 1 aliphatic rings. The van der Waals surface area contributed by atoms with Crippen LogP contribution in [0.1, 0.15) is 24.1 Å². The summed E-state index contributed by atoms with van der Waals surface area (Å²) in [6, 6.07) is 15.5. The summed E-state index contributed by atoms with van der Waals surface area (Å²) in [5.41, 5.74) is 6.21. The Morgan fingerprint density at radius 2 is 1.88 bits per heavy atom. The summed E-state index contributed by atoms with van der Waals surface area (Å²) in [4.78, 5) is 8.63. The normalized spacial score (nSPS) is 16.3. The third-order valence-corrected chi connectivity index (χ3v) is 6.50. The van der Waals surface area contributed by atoms with Crippen molar-refractivity contribution in [2.75, 3.05) is 25.0 Å². The predicted molar refractivity (Wildman–Crippen MR) is 127 cm³/mol. The van der Waals surface area contributed by atoms with Crippen LogP contribution in [0.4, 0.5) is 18.9 Å². The van der Waals surface area contributed by atoms with Crippen LogP contribution < -0.4 is 11.1 Å². The van der Waals surface area contributed by atoms with E-state index in [2.05, 4.69) is 20.4 Å². The molecule has 2 heterocycles. The van der Waals surface area contributed by atoms with Gasteiger partial charge in [-0.25, -0.2) is 4.98 Å². The van der Waals surface area contributed by atoms with Gasteiger partial charge in [0.2, 0.25) is 0 Å². The maximum absolute atomic E-state index is 13.5. The Balaban J connectivity index is 1.69. The van der Waals surface area contributed by atoms with Gasteiger partial charge in [-0.15, -0.1) is 4.95 Å². The summed E-state index contributed by atoms with van der Waals surface area (Å²) in [5.74, 6) is 0.175. The number of hydrogen-bond acceptors (Lipinski definition) is 3. The Labute approximate surface area is 200 Å². The Hall–Kier alpha value is -3.51. The van der Waals surface area contributed by atoms with Gasteiger partial charge in [0.05, 0.1) is 5.52 Å². The highest BCUT2D eigenvalue weighted by Crippen LogP contribution is 2.38. The smallest absolute Gasteiger partial charge is 0.384 e. The molecule has 10 heteroatoms. The molecule has 1 aliphatic heterocycles. The number of guanidine groups is 1. The van der Waals surface area contributed by atoms with E-state index < -0.39 is 11.9 Å². The molecule has 0 spiro atoms. The van der Waals surface area contributed by atoms with Crippen molar-refractivity contribution in [1.29, 1.82) is 0 Å². The first-order chi connectivity index (χ1) is 16.2. The van der Waals surface area contributed by atoms with Gasteiger partial charge >= 0.3 is 6.18 Å². The first-order valence-corrected chi connectivity index (χ1v) is 11.0. The number of alkyl halides is 3. The highest BCUT2D eigenvalue weighted by Gasteiger charge is 2.38. The largest absolute Gasteiger partial charge is 0.433 e. The van der Waals surface area contributed by atoms with Crippen LogP contribution in [0.25, 0.3) is 15.9 Å². The fourth-order valence-corrected chi connectivity index (χ4v) is 4.56. The van der Waals surface area contributed by atoms with E-state index in [1.54, 1.807) is 6.07 Å². The van der Waals surface area contributed by atoms with Crippen molar-refractivity contribution >= 4 is 34.2 Å². The van der Waals surface area contributed by atoms with Crippen LogP contribution in [0.5, 0.6) is 0 Å². The van der Waals surface area contributed by atoms with Gasteiger partial charge in [-0.05, 0) is 42.7 Å². The number of anilines is 1. The molecule has 0 radical (unpaired) electrons. The standard InChI is InChI=1S/C24H22ClF3N6/c1-30-33-22(29)34-11-9-23(10-12-34,16-5-3-2-4-6-16)15-31-20-14-21(24(26,27)28)32-19-8-7-17(25)13-18(19)20/h2-8,13-14H,9-12,15H2,(H2,29,33)(H,31,32). The zero-order chi connectivity index (χ0) is 24.3. The molecule has 1 fully saturated rings. The Bertz CT molecular complexity index is 1250. The van der Waals surface area contributed by atoms with Crippen molar-refractivity contribution in [3.05, 3.63) is 82.4 Å². The molecule has 3 aromatic rings. The quantitative estimate of drug-likeness (QED) is 0.221. The molecule has 34 heavy (non-hydrogen) atoms. The van der Waals surface area contributed by atoms with Gasteiger partial charge in [0.1, 0.15) is 10.8 Å². The van der Waals surface area contributed by atoms with Crippen LogP contribution in [-0.4, -0.2) is 35.5 Å². The SMILES string of the molecule is [C-]#[N+]/N=C(\N)N1CCC(CNc2cc(C(F)(F)F)nc3ccc(Cl)cc23)(c2ccccc2)CC1. The fraction of sp³-hybridized carbons (Fsp3) is 0.292. The molecule has 4 rings (SSSR count). The number of pyridine rings is 1. The van der Waals surface area contributed by atoms with Crippen molar-refractivity contribution in [2.45, 2.75) is 24.4 Å². The Morgan fingerprint density at radius 1 is 1.18 bits per heavy atom. The van der Waals surface area contributed by atoms with Crippen molar-refractivity contribution in [2.24, 2.45) is 10.8 Å². The number of nitrogens with zero attached hydrogens (tertiary/aromatic N) is 4. The predicted octanol–water partition coefficient (Wildman–Crippen LogP) is 5.50. The second-order valence-corrected chi connectivity index (χ2v) is 8.70. The monoisotopic (exact) mass is 486 g/mol. The van der Waals surface area contributed by atoms with Crippen LogP contribution >= 0.6 is 11.6 Å². The summed E-state index contributed by atoms with van der Waals surface area (Å²) in [5, 5.41) is 7.82. The molecule has 0 atom stereocenters. The van der Waals surface area contributed by atoms with E-state index in [-0.39, 0.29) is 16.9 Å². The number of nitrogens with two attached hydrogens (primary N) is 1. The number of benzene rings is 2. The lowest BCUT2D eigenvalue weighted by Crippen LogP contribution is -2.50. The molecule has 1 saturated heterocycles. The molecular formula is C24H22ClF3N6. The molecule has 0 saturated carbocycles. The maximum atomic E-state index is 13.5. The number of nitrogens with one attached hydrogen (secondary N) is 1. The van der Waals surface area contributed by atoms with Crippen LogP contribution in [0.3, 0.4) is 0 Å². The van der Waals surface area contributed by atoms with Gasteiger partial charge in [-0.3, -0.25) is 0 Å². The van der Waals surface area contributed by atoms with Gasteiger partial charge in [-0.1, -0.05) is 41.9 Å². The van der Waals surface area contributed by atoms with E-state index in [0.29, 0.717) is 48.6 Å². The highest BCUT2D eigenvalue weighted by atomic mass is 35.5. The number of halogens is 4. The average molecular weight is 487 g/mol. The molecule has 2 aromatic carbocycles. The maximum Gasteiger partial charge on any atom is 0.433 e. The number of fused-ring (bicyclic) bond motifs is 1. The molecule has 176 valence electrons. The molecule has 0 unspecified atom stereocenters. The Morgan fingerprint density at radius 3 is 2.53 bits per heavy atom. The molecule has 1 aromatic heterocycles. The van der Waals surface area contributed by atoms with Gasteiger partial charge in [-0.2, -0.15) is 19.7 Å². The highest BCUT2D eigenvalue weighted by molar-refractivity contribution is 6.31. The van der Waals surface area contributed by atoms with Crippen molar-refractivity contribution in [3.8, 4) is 0 Å². The first kappa shape index (κ1) is 23.6. The molecule has 0 amide bonds. The lowest BCUT2D eigenvalue weighted by molar-refractivity contribution is -0.140. The van der Waals surface area contributed by atoms with Gasteiger partial charge < -0.3 is 16.0 Å². The summed E-state index contributed by atoms with van der Waals surface area (Å²) in [6.07, 6.45) is -3.23. The van der Waals surface area contributed by atoms with Crippen LogP contribution in [0.15, 0.2) is 59.7 Å². The summed E-state index contributed by atoms with van der Waals surface area (Å²) >= 11 is 6.14. The van der Waals surface area contributed by atoms with Gasteiger partial charge in [0, 0.05) is 41.1 Å². The minimum atomic E-state index is -4.58. The Kier molecular flexibility index (Phi) is 6.53. The van der Waals surface area contributed by atoms with Crippen molar-refractivity contribution in [3.63, 3.8) is 0 Å². The van der Waals surface area contributed by atoms with E-state index in [4.69, 9.17) is 23.9 Å². The van der Waals surface area contributed by atoms with E-state index >= 15 is 0 Å². The number of likely N-dealkylation sites (tertiary alicyclic amines) is 1. The second-order valence-electron chi connectivity index (χ2n) is 8.26. The zero-order valence-corrected chi connectivity index (χ0v) is 18.9. The molecule has 6 nitrogen and oxygen atoms in total. The van der Waals surface area contributed by atoms with E-state index in [1.165, 1.54) is 12.1 Å². The van der Waals surface area contributed by atoms with Crippen LogP contribution in [0, 0.1) is 6.57 Å². The van der Waals surface area contributed by atoms with E-state index in [0.717, 1.165) is 11.6 Å². The summed E-state index contributed by atoms with van der Waals surface area (Å²) in [6.45, 7) is 8.43. The average Bonchev–Trinajstić information content (AvgIpc) is 2.83. The van der Waals surface area contributed by atoms with Crippen molar-refractivity contribution in [1.82, 2.24) is 9.88 Å². The minimum Gasteiger partial charge on any atom is -0.384 e. The molecule has 0 aliphatic carbocycles. The van der Waals surface area contributed by atoms with Crippen LogP contribution in [-0.2, 0) is 11.6 Å². The zero-order valence-electron chi connectivity index (χ0n) is 18.1. The molecule has 0 bridgehead atoms. The molecule has 3 N–H and O–H groups in total. The van der Waals surface area contributed by atoms with Gasteiger partial charge in [0.25, 0.3) is 5.96 Å². The van der Waals surface area contributed by atoms with E-state index in [1.807, 2.05) is 35.2 Å².